The normalized spacial score (nSPS) is 28.3. The predicted molar refractivity (Wildman–Crippen MR) is 78.6 cm³/mol. The molecule has 98 valence electrons. The summed E-state index contributed by atoms with van der Waals surface area (Å²) in [5.41, 5.74) is 9.02. The van der Waals surface area contributed by atoms with Gasteiger partial charge < -0.3 is 5.73 Å². The number of aryl methyl sites for hydroxylation is 1. The van der Waals surface area contributed by atoms with E-state index < -0.39 is 0 Å². The van der Waals surface area contributed by atoms with Crippen LogP contribution in [0.4, 0.5) is 0 Å². The van der Waals surface area contributed by atoms with Crippen molar-refractivity contribution in [1.29, 1.82) is 0 Å². The van der Waals surface area contributed by atoms with E-state index in [2.05, 4.69) is 39.0 Å². The van der Waals surface area contributed by atoms with Gasteiger partial charge in [0.2, 0.25) is 0 Å². The van der Waals surface area contributed by atoms with Crippen LogP contribution in [0.3, 0.4) is 0 Å². The zero-order valence-corrected chi connectivity index (χ0v) is 12.3. The molecule has 1 aromatic rings. The third-order valence-electron chi connectivity index (χ3n) is 4.50. The van der Waals surface area contributed by atoms with Gasteiger partial charge in [-0.1, -0.05) is 28.4 Å². The Morgan fingerprint density at radius 2 is 2.17 bits per heavy atom. The maximum absolute atomic E-state index is 5.96. The Kier molecular flexibility index (Phi) is 3.73. The molecule has 0 bridgehead atoms. The Bertz CT molecular complexity index is 433. The highest BCUT2D eigenvalue weighted by atomic mass is 79.9. The quantitative estimate of drug-likeness (QED) is 0.908. The Labute approximate surface area is 118 Å². The van der Waals surface area contributed by atoms with Gasteiger partial charge in [-0.05, 0) is 55.5 Å². The summed E-state index contributed by atoms with van der Waals surface area (Å²) in [6.45, 7) is 2.03. The second-order valence-corrected chi connectivity index (χ2v) is 6.44. The van der Waals surface area contributed by atoms with Gasteiger partial charge in [0.25, 0.3) is 0 Å². The van der Waals surface area contributed by atoms with Gasteiger partial charge in [0, 0.05) is 23.1 Å². The summed E-state index contributed by atoms with van der Waals surface area (Å²) < 4.78 is 1.20. The summed E-state index contributed by atoms with van der Waals surface area (Å²) in [5.74, 6) is 0. The summed E-state index contributed by atoms with van der Waals surface area (Å²) in [4.78, 5) is 2.67. The van der Waals surface area contributed by atoms with E-state index in [1.807, 2.05) is 0 Å². The molecular formula is C15H21BrN2. The fourth-order valence-electron chi connectivity index (χ4n) is 3.58. The lowest BCUT2D eigenvalue weighted by Gasteiger charge is -2.39. The van der Waals surface area contributed by atoms with Gasteiger partial charge in [-0.2, -0.15) is 0 Å². The zero-order chi connectivity index (χ0) is 12.5. The molecule has 3 rings (SSSR count). The standard InChI is InChI=1S/C15H21BrN2/c16-12-6-4-11-5-7-15(14(11)9-12)18-8-2-1-3-13(18)10-17/h4,6,9,13,15H,1-3,5,7-8,10,17H2. The topological polar surface area (TPSA) is 29.3 Å². The van der Waals surface area contributed by atoms with Crippen molar-refractivity contribution in [1.82, 2.24) is 4.90 Å². The number of hydrogen-bond acceptors (Lipinski definition) is 2. The van der Waals surface area contributed by atoms with Crippen LogP contribution in [0.15, 0.2) is 22.7 Å². The highest BCUT2D eigenvalue weighted by Gasteiger charge is 2.33. The van der Waals surface area contributed by atoms with Crippen LogP contribution >= 0.6 is 15.9 Å². The van der Waals surface area contributed by atoms with Gasteiger partial charge in [-0.25, -0.2) is 0 Å². The van der Waals surface area contributed by atoms with Gasteiger partial charge in [0.1, 0.15) is 0 Å². The molecule has 1 aliphatic heterocycles. The average molecular weight is 309 g/mol. The van der Waals surface area contributed by atoms with E-state index in [-0.39, 0.29) is 0 Å². The molecule has 2 nitrogen and oxygen atoms in total. The first-order chi connectivity index (χ1) is 8.79. The summed E-state index contributed by atoms with van der Waals surface area (Å²) in [5, 5.41) is 0. The van der Waals surface area contributed by atoms with Crippen molar-refractivity contribution >= 4 is 15.9 Å². The first-order valence-electron chi connectivity index (χ1n) is 7.03. The SMILES string of the molecule is NCC1CCCCN1C1CCc2ccc(Br)cc21. The van der Waals surface area contributed by atoms with Gasteiger partial charge in [0.05, 0.1) is 0 Å². The van der Waals surface area contributed by atoms with Crippen molar-refractivity contribution < 1.29 is 0 Å². The van der Waals surface area contributed by atoms with Crippen LogP contribution in [0.5, 0.6) is 0 Å². The van der Waals surface area contributed by atoms with Crippen molar-refractivity contribution in [3.63, 3.8) is 0 Å². The van der Waals surface area contributed by atoms with Crippen LogP contribution in [-0.4, -0.2) is 24.0 Å². The molecule has 1 heterocycles. The molecule has 3 heteroatoms. The van der Waals surface area contributed by atoms with Crippen LogP contribution in [-0.2, 0) is 6.42 Å². The van der Waals surface area contributed by atoms with E-state index in [0.29, 0.717) is 12.1 Å². The third-order valence-corrected chi connectivity index (χ3v) is 4.99. The fraction of sp³-hybridized carbons (Fsp3) is 0.600. The van der Waals surface area contributed by atoms with Crippen LogP contribution in [0.1, 0.15) is 42.9 Å². The minimum absolute atomic E-state index is 0.591. The van der Waals surface area contributed by atoms with Crippen molar-refractivity contribution in [2.75, 3.05) is 13.1 Å². The highest BCUT2D eigenvalue weighted by molar-refractivity contribution is 9.10. The maximum Gasteiger partial charge on any atom is 0.0357 e. The molecule has 2 atom stereocenters. The van der Waals surface area contributed by atoms with E-state index in [1.165, 1.54) is 54.2 Å². The smallest absolute Gasteiger partial charge is 0.0357 e. The minimum atomic E-state index is 0.591. The number of rotatable bonds is 2. The highest BCUT2D eigenvalue weighted by Crippen LogP contribution is 2.39. The lowest BCUT2D eigenvalue weighted by molar-refractivity contribution is 0.0989. The van der Waals surface area contributed by atoms with Gasteiger partial charge in [-0.3, -0.25) is 4.90 Å². The van der Waals surface area contributed by atoms with E-state index >= 15 is 0 Å². The van der Waals surface area contributed by atoms with Crippen LogP contribution in [0, 0.1) is 0 Å². The molecule has 2 aliphatic rings. The maximum atomic E-state index is 5.96. The molecule has 0 radical (unpaired) electrons. The van der Waals surface area contributed by atoms with Crippen molar-refractivity contribution in [2.45, 2.75) is 44.2 Å². The summed E-state index contributed by atoms with van der Waals surface area (Å²) in [7, 11) is 0. The molecule has 1 saturated heterocycles. The Morgan fingerprint density at radius 3 is 3.00 bits per heavy atom. The van der Waals surface area contributed by atoms with Gasteiger partial charge >= 0.3 is 0 Å². The fourth-order valence-corrected chi connectivity index (χ4v) is 3.96. The van der Waals surface area contributed by atoms with Crippen molar-refractivity contribution in [3.05, 3.63) is 33.8 Å². The molecule has 2 unspecified atom stereocenters. The van der Waals surface area contributed by atoms with Gasteiger partial charge in [0.15, 0.2) is 0 Å². The predicted octanol–water partition coefficient (Wildman–Crippen LogP) is 3.25. The Morgan fingerprint density at radius 1 is 1.28 bits per heavy atom. The molecule has 0 saturated carbocycles. The van der Waals surface area contributed by atoms with Crippen LogP contribution < -0.4 is 5.73 Å². The molecule has 0 aromatic heterocycles. The summed E-state index contributed by atoms with van der Waals surface area (Å²) in [6.07, 6.45) is 6.44. The molecule has 0 amide bonds. The van der Waals surface area contributed by atoms with E-state index in [9.17, 15) is 0 Å². The van der Waals surface area contributed by atoms with Crippen molar-refractivity contribution in [2.24, 2.45) is 5.73 Å². The summed E-state index contributed by atoms with van der Waals surface area (Å²) in [6, 6.07) is 7.95. The third kappa shape index (κ3) is 2.24. The second kappa shape index (κ2) is 5.32. The number of benzene rings is 1. The van der Waals surface area contributed by atoms with E-state index in [4.69, 9.17) is 5.73 Å². The monoisotopic (exact) mass is 308 g/mol. The number of halogens is 1. The first-order valence-corrected chi connectivity index (χ1v) is 7.83. The molecule has 18 heavy (non-hydrogen) atoms. The largest absolute Gasteiger partial charge is 0.329 e. The van der Waals surface area contributed by atoms with E-state index in [1.54, 1.807) is 0 Å². The number of nitrogens with two attached hydrogens (primary N) is 1. The summed E-state index contributed by atoms with van der Waals surface area (Å²) >= 11 is 3.61. The second-order valence-electron chi connectivity index (χ2n) is 5.52. The number of nitrogens with zero attached hydrogens (tertiary/aromatic N) is 1. The molecule has 0 spiro atoms. The molecule has 2 N–H and O–H groups in total. The lowest BCUT2D eigenvalue weighted by Crippen LogP contribution is -2.45. The number of piperidine rings is 1. The van der Waals surface area contributed by atoms with Gasteiger partial charge in [-0.15, -0.1) is 0 Å². The number of likely N-dealkylation sites (tertiary alicyclic amines) is 1. The minimum Gasteiger partial charge on any atom is -0.329 e. The zero-order valence-electron chi connectivity index (χ0n) is 10.7. The lowest BCUT2D eigenvalue weighted by atomic mass is 9.97. The number of fused-ring (bicyclic) bond motifs is 1. The van der Waals surface area contributed by atoms with Crippen LogP contribution in [0.25, 0.3) is 0 Å². The number of hydrogen-bond donors (Lipinski definition) is 1. The van der Waals surface area contributed by atoms with Crippen LogP contribution in [0.2, 0.25) is 0 Å². The van der Waals surface area contributed by atoms with E-state index in [0.717, 1.165) is 6.54 Å². The molecule has 1 aliphatic carbocycles. The molecular weight excluding hydrogens is 288 g/mol. The average Bonchev–Trinajstić information content (AvgIpc) is 2.81. The first kappa shape index (κ1) is 12.6. The Hall–Kier alpha value is -0.380. The molecule has 1 aromatic carbocycles. The molecule has 1 fully saturated rings. The Balaban J connectivity index is 1.88. The van der Waals surface area contributed by atoms with Crippen molar-refractivity contribution in [3.8, 4) is 0 Å².